The van der Waals surface area contributed by atoms with Gasteiger partial charge in [0.05, 0.1) is 0 Å². The molecule has 0 radical (unpaired) electrons. The van der Waals surface area contributed by atoms with Crippen LogP contribution in [0.15, 0.2) is 41.5 Å². The quantitative estimate of drug-likeness (QED) is 0.687. The van der Waals surface area contributed by atoms with Crippen molar-refractivity contribution in [3.63, 3.8) is 0 Å². The van der Waals surface area contributed by atoms with Crippen LogP contribution in [0.1, 0.15) is 50.3 Å². The summed E-state index contributed by atoms with van der Waals surface area (Å²) >= 11 is 0. The summed E-state index contributed by atoms with van der Waals surface area (Å²) in [7, 11) is 2.22. The molecule has 0 N–H and O–H groups in total. The highest BCUT2D eigenvalue weighted by molar-refractivity contribution is 5.86. The summed E-state index contributed by atoms with van der Waals surface area (Å²) in [6, 6.07) is 8.86. The first-order valence-electron chi connectivity index (χ1n) is 8.43. The lowest BCUT2D eigenvalue weighted by Crippen LogP contribution is -2.19. The topological polar surface area (TPSA) is 17.3 Å². The van der Waals surface area contributed by atoms with E-state index < -0.39 is 0 Å². The first kappa shape index (κ1) is 15.1. The van der Waals surface area contributed by atoms with Crippen LogP contribution in [0, 0.1) is 5.92 Å². The van der Waals surface area contributed by atoms with Crippen molar-refractivity contribution in [3.8, 4) is 0 Å². The third-order valence-electron chi connectivity index (χ3n) is 5.23. The predicted octanol–water partition coefficient (Wildman–Crippen LogP) is 5.23. The molecule has 0 aliphatic heterocycles. The van der Waals surface area contributed by atoms with Crippen LogP contribution in [0.25, 0.3) is 10.9 Å². The van der Waals surface area contributed by atoms with Gasteiger partial charge in [0.15, 0.2) is 0 Å². The van der Waals surface area contributed by atoms with Crippen molar-refractivity contribution in [2.75, 3.05) is 0 Å². The van der Waals surface area contributed by atoms with Gasteiger partial charge in [-0.25, -0.2) is 0 Å². The van der Waals surface area contributed by atoms with E-state index in [0.717, 1.165) is 12.3 Å². The number of rotatable bonds is 4. The first-order chi connectivity index (χ1) is 10.7. The third-order valence-corrected chi connectivity index (χ3v) is 5.23. The zero-order chi connectivity index (χ0) is 15.5. The Balaban J connectivity index is 1.83. The molecular weight excluding hydrogens is 268 g/mol. The molecule has 2 nitrogen and oxygen atoms in total. The maximum atomic E-state index is 4.14. The molecule has 2 heteroatoms. The van der Waals surface area contributed by atoms with Crippen LogP contribution in [-0.4, -0.2) is 10.8 Å². The number of aliphatic imine (C=N–C) groups is 1. The maximum absolute atomic E-state index is 4.14. The standard InChI is InChI=1S/C20H26N2/c1-4-21-14-8-7-9-16-12-13-19-20(15(16)2)17-10-5-6-11-18(17)22(19)3/h4-6,8,10-11,14-16H,7,9,12-13H2,1-3H3/b14-8-,21-4?. The average Bonchev–Trinajstić information content (AvgIpc) is 2.83. The summed E-state index contributed by atoms with van der Waals surface area (Å²) in [5.41, 5.74) is 4.54. The van der Waals surface area contributed by atoms with Crippen LogP contribution in [0.4, 0.5) is 0 Å². The van der Waals surface area contributed by atoms with E-state index in [4.69, 9.17) is 0 Å². The number of aromatic nitrogens is 1. The first-order valence-corrected chi connectivity index (χ1v) is 8.43. The molecule has 116 valence electrons. The van der Waals surface area contributed by atoms with E-state index in [9.17, 15) is 0 Å². The minimum absolute atomic E-state index is 0.651. The van der Waals surface area contributed by atoms with Crippen molar-refractivity contribution in [3.05, 3.63) is 47.8 Å². The smallest absolute Gasteiger partial charge is 0.0482 e. The lowest BCUT2D eigenvalue weighted by molar-refractivity contribution is 0.365. The molecule has 2 aromatic rings. The van der Waals surface area contributed by atoms with E-state index in [1.54, 1.807) is 11.3 Å². The number of fused-ring (bicyclic) bond motifs is 3. The van der Waals surface area contributed by atoms with Gasteiger partial charge in [0.2, 0.25) is 0 Å². The number of nitrogens with zero attached hydrogens (tertiary/aromatic N) is 2. The summed E-state index contributed by atoms with van der Waals surface area (Å²) < 4.78 is 2.41. The van der Waals surface area contributed by atoms with E-state index in [0.29, 0.717) is 5.92 Å². The lowest BCUT2D eigenvalue weighted by Gasteiger charge is -2.30. The molecule has 1 heterocycles. The minimum Gasteiger partial charge on any atom is -0.347 e. The van der Waals surface area contributed by atoms with Gasteiger partial charge in [0.1, 0.15) is 0 Å². The fourth-order valence-corrected chi connectivity index (χ4v) is 4.02. The van der Waals surface area contributed by atoms with Crippen LogP contribution in [0.5, 0.6) is 0 Å². The maximum Gasteiger partial charge on any atom is 0.0482 e. The second-order valence-electron chi connectivity index (χ2n) is 6.39. The van der Waals surface area contributed by atoms with Gasteiger partial charge in [-0.2, -0.15) is 0 Å². The van der Waals surface area contributed by atoms with Gasteiger partial charge in [-0.1, -0.05) is 31.2 Å². The summed E-state index contributed by atoms with van der Waals surface area (Å²) in [5, 5.41) is 1.46. The van der Waals surface area contributed by atoms with Crippen LogP contribution in [-0.2, 0) is 13.5 Å². The lowest BCUT2D eigenvalue weighted by atomic mass is 9.75. The second kappa shape index (κ2) is 6.51. The van der Waals surface area contributed by atoms with Crippen LogP contribution in [0.3, 0.4) is 0 Å². The zero-order valence-corrected chi connectivity index (χ0v) is 13.9. The van der Waals surface area contributed by atoms with Gasteiger partial charge in [-0.15, -0.1) is 0 Å². The Morgan fingerprint density at radius 3 is 2.95 bits per heavy atom. The molecule has 22 heavy (non-hydrogen) atoms. The average molecular weight is 294 g/mol. The van der Waals surface area contributed by atoms with Crippen LogP contribution >= 0.6 is 0 Å². The van der Waals surface area contributed by atoms with Crippen molar-refractivity contribution in [1.82, 2.24) is 4.57 Å². The number of para-hydroxylation sites is 1. The third kappa shape index (κ3) is 2.63. The zero-order valence-electron chi connectivity index (χ0n) is 13.9. The van der Waals surface area contributed by atoms with E-state index in [1.807, 2.05) is 19.3 Å². The number of allylic oxidation sites excluding steroid dienone is 1. The van der Waals surface area contributed by atoms with Crippen LogP contribution < -0.4 is 0 Å². The van der Waals surface area contributed by atoms with Crippen LogP contribution in [0.2, 0.25) is 0 Å². The Labute approximate surface area is 133 Å². The van der Waals surface area contributed by atoms with E-state index in [-0.39, 0.29) is 0 Å². The molecule has 0 fully saturated rings. The molecule has 0 bridgehead atoms. The summed E-state index contributed by atoms with van der Waals surface area (Å²) in [4.78, 5) is 4.14. The summed E-state index contributed by atoms with van der Waals surface area (Å²) in [6.45, 7) is 4.37. The van der Waals surface area contributed by atoms with Gasteiger partial charge in [0.25, 0.3) is 0 Å². The van der Waals surface area contributed by atoms with E-state index in [1.165, 1.54) is 30.2 Å². The number of benzene rings is 1. The fourth-order valence-electron chi connectivity index (χ4n) is 4.02. The van der Waals surface area contributed by atoms with Crippen molar-refractivity contribution >= 4 is 17.1 Å². The second-order valence-corrected chi connectivity index (χ2v) is 6.39. The predicted molar refractivity (Wildman–Crippen MR) is 95.7 cm³/mol. The Bertz CT molecular complexity index is 706. The highest BCUT2D eigenvalue weighted by Gasteiger charge is 2.29. The molecule has 0 saturated heterocycles. The van der Waals surface area contributed by atoms with Crippen molar-refractivity contribution in [1.29, 1.82) is 0 Å². The molecular formula is C20H26N2. The number of aryl methyl sites for hydroxylation is 1. The molecule has 1 aromatic carbocycles. The summed E-state index contributed by atoms with van der Waals surface area (Å²) in [6.07, 6.45) is 10.9. The SMILES string of the molecule is CC=N/C=C\CCC1CCc2c(c3ccccc3n2C)C1C. The van der Waals surface area contributed by atoms with Gasteiger partial charge in [-0.05, 0) is 56.1 Å². The van der Waals surface area contributed by atoms with Crippen molar-refractivity contribution in [2.24, 2.45) is 18.0 Å². The van der Waals surface area contributed by atoms with Gasteiger partial charge in [-0.3, -0.25) is 4.99 Å². The Morgan fingerprint density at radius 2 is 2.14 bits per heavy atom. The molecule has 1 aromatic heterocycles. The minimum atomic E-state index is 0.651. The molecule has 0 saturated carbocycles. The molecule has 2 unspecified atom stereocenters. The highest BCUT2D eigenvalue weighted by atomic mass is 15.0. The van der Waals surface area contributed by atoms with E-state index in [2.05, 4.69) is 53.9 Å². The normalized spacial score (nSPS) is 22.0. The monoisotopic (exact) mass is 294 g/mol. The van der Waals surface area contributed by atoms with Gasteiger partial charge in [0, 0.05) is 36.1 Å². The van der Waals surface area contributed by atoms with E-state index >= 15 is 0 Å². The number of hydrogen-bond donors (Lipinski definition) is 0. The largest absolute Gasteiger partial charge is 0.347 e. The molecule has 2 atom stereocenters. The Morgan fingerprint density at radius 1 is 1.32 bits per heavy atom. The highest BCUT2D eigenvalue weighted by Crippen LogP contribution is 2.43. The van der Waals surface area contributed by atoms with Crippen molar-refractivity contribution in [2.45, 2.75) is 45.4 Å². The van der Waals surface area contributed by atoms with Gasteiger partial charge < -0.3 is 4.57 Å². The fraction of sp³-hybridized carbons (Fsp3) is 0.450. The molecule has 1 aliphatic rings. The Hall–Kier alpha value is -1.83. The molecule has 1 aliphatic carbocycles. The molecule has 3 rings (SSSR count). The Kier molecular flexibility index (Phi) is 4.47. The number of hydrogen-bond acceptors (Lipinski definition) is 1. The molecule has 0 amide bonds. The summed E-state index contributed by atoms with van der Waals surface area (Å²) in [5.74, 6) is 1.44. The molecule has 0 spiro atoms. The van der Waals surface area contributed by atoms with Gasteiger partial charge >= 0.3 is 0 Å². The van der Waals surface area contributed by atoms with Crippen molar-refractivity contribution < 1.29 is 0 Å².